The zero-order valence-corrected chi connectivity index (χ0v) is 35.5. The van der Waals surface area contributed by atoms with Crippen LogP contribution in [0.4, 0.5) is 9.59 Å². The Bertz CT molecular complexity index is 2000. The van der Waals surface area contributed by atoms with Crippen LogP contribution in [-0.4, -0.2) is 131 Å². The van der Waals surface area contributed by atoms with E-state index in [1.54, 1.807) is 81.4 Å². The number of rotatable bonds is 14. The maximum Gasteiger partial charge on any atom is 0.410 e. The number of esters is 2. The molecule has 0 aromatic heterocycles. The molecule has 6 atom stereocenters. The van der Waals surface area contributed by atoms with Gasteiger partial charge < -0.3 is 39.4 Å². The standard InChI is InChI=1S/C45H55N5O12/c1-6-30-24-36(42(56)59-27-33(47-43(57)61-26-31-16-9-7-10-17-31)41(55)60-28-37(51)32-18-11-8-12-19-32)50(25-30)39(53)29(2)46-38(52)34-20-13-14-22-48(34)40(54)35-21-15-23-49(35)44(58)62-45(3,4)5/h1,7-12,16-19,29-30,33-36H,13-15,20-28H2,2-5H3,(H,46,52)(H,47,57)/t29-,30?,33-,34-,35-,36-/m0/s1. The zero-order chi connectivity index (χ0) is 45.0. The number of carbonyl (C=O) groups excluding carboxylic acids is 8. The van der Waals surface area contributed by atoms with Crippen LogP contribution in [0.1, 0.15) is 82.1 Å². The Labute approximate surface area is 361 Å². The van der Waals surface area contributed by atoms with Crippen molar-refractivity contribution in [1.82, 2.24) is 25.3 Å². The van der Waals surface area contributed by atoms with Crippen molar-refractivity contribution in [3.05, 3.63) is 71.8 Å². The summed E-state index contributed by atoms with van der Waals surface area (Å²) >= 11 is 0. The second kappa shape index (κ2) is 21.4. The Kier molecular flexibility index (Phi) is 16.1. The lowest BCUT2D eigenvalue weighted by Gasteiger charge is -2.38. The first kappa shape index (κ1) is 46.6. The number of piperidine rings is 1. The quantitative estimate of drug-likeness (QED) is 0.121. The summed E-state index contributed by atoms with van der Waals surface area (Å²) in [7, 11) is 0. The molecule has 0 radical (unpaired) electrons. The van der Waals surface area contributed by atoms with E-state index in [9.17, 15) is 38.4 Å². The van der Waals surface area contributed by atoms with E-state index in [-0.39, 0.29) is 25.5 Å². The van der Waals surface area contributed by atoms with E-state index in [0.29, 0.717) is 56.3 Å². The Hall–Kier alpha value is -6.44. The van der Waals surface area contributed by atoms with Gasteiger partial charge in [0.2, 0.25) is 17.7 Å². The van der Waals surface area contributed by atoms with Crippen molar-refractivity contribution in [2.75, 3.05) is 32.8 Å². The van der Waals surface area contributed by atoms with Crippen molar-refractivity contribution in [3.63, 3.8) is 0 Å². The molecule has 0 aliphatic carbocycles. The minimum Gasteiger partial charge on any atom is -0.461 e. The van der Waals surface area contributed by atoms with E-state index in [1.165, 1.54) is 21.6 Å². The third kappa shape index (κ3) is 12.6. The molecule has 0 bridgehead atoms. The number of ketones is 1. The number of hydrogen-bond donors (Lipinski definition) is 2. The van der Waals surface area contributed by atoms with Crippen LogP contribution in [0.15, 0.2) is 60.7 Å². The summed E-state index contributed by atoms with van der Waals surface area (Å²) in [5.41, 5.74) is 0.201. The summed E-state index contributed by atoms with van der Waals surface area (Å²) in [6.45, 7) is 5.73. The molecule has 0 spiro atoms. The lowest BCUT2D eigenvalue weighted by atomic mass is 9.99. The van der Waals surface area contributed by atoms with Gasteiger partial charge in [-0.3, -0.25) is 24.1 Å². The van der Waals surface area contributed by atoms with Gasteiger partial charge in [-0.15, -0.1) is 12.3 Å². The number of carbonyl (C=O) groups is 8. The molecule has 3 heterocycles. The number of amides is 5. The van der Waals surface area contributed by atoms with Crippen molar-refractivity contribution in [3.8, 4) is 12.3 Å². The molecule has 17 heteroatoms. The van der Waals surface area contributed by atoms with Crippen molar-refractivity contribution in [1.29, 1.82) is 0 Å². The molecule has 2 aromatic carbocycles. The number of alkyl carbamates (subject to hydrolysis) is 1. The molecule has 2 aromatic rings. The summed E-state index contributed by atoms with van der Waals surface area (Å²) in [4.78, 5) is 111. The molecule has 1 unspecified atom stereocenters. The average Bonchev–Trinajstić information content (AvgIpc) is 3.94. The number of Topliss-reactive ketones (excluding diaryl/α,β-unsaturated/α-hetero) is 1. The first-order valence-corrected chi connectivity index (χ1v) is 20.8. The van der Waals surface area contributed by atoms with Crippen LogP contribution < -0.4 is 10.6 Å². The van der Waals surface area contributed by atoms with Gasteiger partial charge in [-0.1, -0.05) is 60.7 Å². The van der Waals surface area contributed by atoms with Crippen LogP contribution in [0.3, 0.4) is 0 Å². The smallest absolute Gasteiger partial charge is 0.410 e. The van der Waals surface area contributed by atoms with Crippen LogP contribution in [0, 0.1) is 18.3 Å². The molecule has 62 heavy (non-hydrogen) atoms. The molecule has 3 aliphatic heterocycles. The highest BCUT2D eigenvalue weighted by molar-refractivity contribution is 5.98. The summed E-state index contributed by atoms with van der Waals surface area (Å²) < 4.78 is 21.5. The predicted molar refractivity (Wildman–Crippen MR) is 222 cm³/mol. The first-order chi connectivity index (χ1) is 29.6. The van der Waals surface area contributed by atoms with E-state index < -0.39 is 96.7 Å². The van der Waals surface area contributed by atoms with Crippen LogP contribution in [-0.2, 0) is 49.5 Å². The highest BCUT2D eigenvalue weighted by Crippen LogP contribution is 2.28. The third-order valence-electron chi connectivity index (χ3n) is 10.7. The molecular weight excluding hydrogens is 803 g/mol. The second-order valence-electron chi connectivity index (χ2n) is 16.5. The summed E-state index contributed by atoms with van der Waals surface area (Å²) in [6, 6.07) is 11.2. The Morgan fingerprint density at radius 1 is 0.790 bits per heavy atom. The van der Waals surface area contributed by atoms with Crippen molar-refractivity contribution < 1.29 is 57.3 Å². The molecule has 3 saturated heterocycles. The summed E-state index contributed by atoms with van der Waals surface area (Å²) in [5.74, 6) is -2.10. The molecule has 5 rings (SSSR count). The number of nitrogens with one attached hydrogen (secondary N) is 2. The SMILES string of the molecule is C#CC1C[C@@H](C(=O)OC[C@H](NC(=O)OCc2ccccc2)C(=O)OCC(=O)c2ccccc2)N(C(=O)[C@H](C)NC(=O)[C@@H]2CCCCN2C(=O)[C@@H]2CCCN2C(=O)OC(C)(C)C)C1. The van der Waals surface area contributed by atoms with E-state index in [0.717, 1.165) is 0 Å². The van der Waals surface area contributed by atoms with E-state index >= 15 is 0 Å². The zero-order valence-electron chi connectivity index (χ0n) is 35.5. The van der Waals surface area contributed by atoms with Gasteiger partial charge in [0.25, 0.3) is 0 Å². The fourth-order valence-corrected chi connectivity index (χ4v) is 7.55. The van der Waals surface area contributed by atoms with E-state index in [4.69, 9.17) is 25.4 Å². The minimum absolute atomic E-state index is 0.00934. The molecule has 3 aliphatic rings. The Morgan fingerprint density at radius 2 is 1.45 bits per heavy atom. The topological polar surface area (TPSA) is 207 Å². The molecule has 0 saturated carbocycles. The molecule has 17 nitrogen and oxygen atoms in total. The lowest BCUT2D eigenvalue weighted by Crippen LogP contribution is -2.59. The van der Waals surface area contributed by atoms with Gasteiger partial charge in [0.15, 0.2) is 18.4 Å². The number of nitrogens with zero attached hydrogens (tertiary/aromatic N) is 3. The van der Waals surface area contributed by atoms with Crippen LogP contribution in [0.5, 0.6) is 0 Å². The summed E-state index contributed by atoms with van der Waals surface area (Å²) in [6.07, 6.45) is 6.78. The van der Waals surface area contributed by atoms with Crippen molar-refractivity contribution in [2.24, 2.45) is 5.92 Å². The second-order valence-corrected chi connectivity index (χ2v) is 16.5. The number of terminal acetylenes is 1. The monoisotopic (exact) mass is 857 g/mol. The van der Waals surface area contributed by atoms with Gasteiger partial charge in [0, 0.05) is 31.1 Å². The van der Waals surface area contributed by atoms with Gasteiger partial charge >= 0.3 is 24.1 Å². The predicted octanol–water partition coefficient (Wildman–Crippen LogP) is 3.39. The summed E-state index contributed by atoms with van der Waals surface area (Å²) in [5, 5.41) is 5.05. The fraction of sp³-hybridized carbons (Fsp3) is 0.511. The maximum atomic E-state index is 14.0. The normalized spacial score (nSPS) is 20.8. The third-order valence-corrected chi connectivity index (χ3v) is 10.7. The molecule has 5 amide bonds. The maximum absolute atomic E-state index is 14.0. The van der Waals surface area contributed by atoms with Gasteiger partial charge in [-0.25, -0.2) is 19.2 Å². The van der Waals surface area contributed by atoms with E-state index in [1.807, 2.05) is 0 Å². The molecule has 332 valence electrons. The number of hydrogen-bond acceptors (Lipinski definition) is 12. The van der Waals surface area contributed by atoms with Gasteiger partial charge in [0.1, 0.15) is 43.0 Å². The Morgan fingerprint density at radius 3 is 2.13 bits per heavy atom. The number of benzene rings is 2. The molecular formula is C45H55N5O12. The minimum atomic E-state index is -1.61. The lowest BCUT2D eigenvalue weighted by molar-refractivity contribution is -0.157. The van der Waals surface area contributed by atoms with Crippen LogP contribution in [0.25, 0.3) is 0 Å². The number of likely N-dealkylation sites (tertiary alicyclic amines) is 3. The highest BCUT2D eigenvalue weighted by atomic mass is 16.6. The van der Waals surface area contributed by atoms with Crippen LogP contribution in [0.2, 0.25) is 0 Å². The average molecular weight is 858 g/mol. The van der Waals surface area contributed by atoms with E-state index in [2.05, 4.69) is 16.6 Å². The van der Waals surface area contributed by atoms with Gasteiger partial charge in [0.05, 0.1) is 0 Å². The van der Waals surface area contributed by atoms with Crippen molar-refractivity contribution in [2.45, 2.75) is 109 Å². The molecule has 2 N–H and O–H groups in total. The fourth-order valence-electron chi connectivity index (χ4n) is 7.55. The highest BCUT2D eigenvalue weighted by Gasteiger charge is 2.45. The number of ether oxygens (including phenoxy) is 4. The van der Waals surface area contributed by atoms with Crippen LogP contribution >= 0.6 is 0 Å². The van der Waals surface area contributed by atoms with Gasteiger partial charge in [-0.2, -0.15) is 0 Å². The first-order valence-electron chi connectivity index (χ1n) is 20.8. The van der Waals surface area contributed by atoms with Crippen molar-refractivity contribution >= 4 is 47.6 Å². The van der Waals surface area contributed by atoms with Gasteiger partial charge in [-0.05, 0) is 71.8 Å². The molecule has 3 fully saturated rings. The largest absolute Gasteiger partial charge is 0.461 e. The Balaban J connectivity index is 1.22.